The van der Waals surface area contributed by atoms with E-state index in [1.165, 1.54) is 16.4 Å². The lowest BCUT2D eigenvalue weighted by molar-refractivity contribution is -0.133. The van der Waals surface area contributed by atoms with Crippen molar-refractivity contribution in [2.24, 2.45) is 0 Å². The van der Waals surface area contributed by atoms with Crippen LogP contribution in [-0.4, -0.2) is 59.9 Å². The first-order valence-electron chi connectivity index (χ1n) is 12.2. The molecule has 2 aliphatic rings. The molecule has 1 amide bonds. The molecule has 0 aliphatic carbocycles. The number of nitrogens with zero attached hydrogens (tertiary/aromatic N) is 3. The molecule has 188 valence electrons. The number of rotatable bonds is 7. The Labute approximate surface area is 217 Å². The largest absolute Gasteiger partial charge is 0.323 e. The van der Waals surface area contributed by atoms with E-state index in [0.29, 0.717) is 50.3 Å². The van der Waals surface area contributed by atoms with Gasteiger partial charge in [-0.05, 0) is 61.2 Å². The van der Waals surface area contributed by atoms with E-state index in [-0.39, 0.29) is 16.8 Å². The van der Waals surface area contributed by atoms with Crippen molar-refractivity contribution in [3.8, 4) is 0 Å². The molecule has 2 aliphatic heterocycles. The van der Waals surface area contributed by atoms with Crippen LogP contribution >= 0.6 is 11.6 Å². The summed E-state index contributed by atoms with van der Waals surface area (Å²) in [5, 5.41) is 4.12. The number of aromatic nitrogens is 1. The smallest absolute Gasteiger partial charge is 0.243 e. The van der Waals surface area contributed by atoms with Crippen molar-refractivity contribution in [1.29, 1.82) is 0 Å². The van der Waals surface area contributed by atoms with Gasteiger partial charge in [-0.1, -0.05) is 48.0 Å². The highest BCUT2D eigenvalue weighted by atomic mass is 35.5. The zero-order valence-electron chi connectivity index (χ0n) is 19.9. The molecular weight excluding hydrogens is 496 g/mol. The van der Waals surface area contributed by atoms with E-state index < -0.39 is 15.7 Å². The number of sulfonamides is 1. The number of amides is 1. The van der Waals surface area contributed by atoms with Crippen LogP contribution in [0.2, 0.25) is 5.02 Å². The first kappa shape index (κ1) is 24.9. The van der Waals surface area contributed by atoms with E-state index >= 15 is 0 Å². The van der Waals surface area contributed by atoms with E-state index in [1.54, 1.807) is 18.3 Å². The minimum Gasteiger partial charge on any atom is -0.323 e. The van der Waals surface area contributed by atoms with Gasteiger partial charge in [-0.2, -0.15) is 4.31 Å². The fraction of sp³-hybridized carbons (Fsp3) is 0.333. The molecule has 7 nitrogen and oxygen atoms in total. The van der Waals surface area contributed by atoms with Gasteiger partial charge in [0.15, 0.2) is 0 Å². The van der Waals surface area contributed by atoms with Gasteiger partial charge in [-0.25, -0.2) is 8.42 Å². The second-order valence-corrected chi connectivity index (χ2v) is 11.7. The molecule has 36 heavy (non-hydrogen) atoms. The van der Waals surface area contributed by atoms with Crippen LogP contribution in [0.3, 0.4) is 0 Å². The molecule has 0 saturated carbocycles. The average molecular weight is 525 g/mol. The first-order chi connectivity index (χ1) is 17.4. The summed E-state index contributed by atoms with van der Waals surface area (Å²) in [6.45, 7) is 1.17. The van der Waals surface area contributed by atoms with Crippen LogP contribution < -0.4 is 5.32 Å². The van der Waals surface area contributed by atoms with Gasteiger partial charge in [0, 0.05) is 43.0 Å². The number of nitrogens with one attached hydrogen (secondary N) is 1. The molecule has 5 rings (SSSR count). The molecule has 0 unspecified atom stereocenters. The normalized spacial score (nSPS) is 20.2. The van der Waals surface area contributed by atoms with Crippen LogP contribution in [0.25, 0.3) is 0 Å². The van der Waals surface area contributed by atoms with Crippen LogP contribution in [0.4, 0.5) is 0 Å². The number of benzene rings is 2. The Bertz CT molecular complexity index is 1300. The summed E-state index contributed by atoms with van der Waals surface area (Å²) in [6, 6.07) is 21.6. The third-order valence-electron chi connectivity index (χ3n) is 7.13. The average Bonchev–Trinajstić information content (AvgIpc) is 3.14. The standard InChI is InChI=1S/C27H29ClN4O3S/c28-22-9-11-24(12-10-22)36(34,35)31-18-14-27(15-19-31)30-25(20-21-6-2-1-3-7-21)26(33)32(27)17-13-23-8-4-5-16-29-23/h1-12,16,25,30H,13-15,17-20H2/t25-/m1/s1. The maximum Gasteiger partial charge on any atom is 0.243 e. The lowest BCUT2D eigenvalue weighted by atomic mass is 9.97. The van der Waals surface area contributed by atoms with Gasteiger partial charge in [-0.15, -0.1) is 0 Å². The zero-order valence-corrected chi connectivity index (χ0v) is 21.5. The van der Waals surface area contributed by atoms with Gasteiger partial charge in [0.1, 0.15) is 0 Å². The van der Waals surface area contributed by atoms with E-state index in [9.17, 15) is 13.2 Å². The van der Waals surface area contributed by atoms with Crippen molar-refractivity contribution in [1.82, 2.24) is 19.5 Å². The summed E-state index contributed by atoms with van der Waals surface area (Å²) in [5.41, 5.74) is 1.43. The van der Waals surface area contributed by atoms with Crippen LogP contribution in [0.5, 0.6) is 0 Å². The van der Waals surface area contributed by atoms with Gasteiger partial charge >= 0.3 is 0 Å². The summed E-state index contributed by atoms with van der Waals surface area (Å²) in [7, 11) is -3.64. The van der Waals surface area contributed by atoms with Crippen LogP contribution in [0.15, 0.2) is 83.9 Å². The number of carbonyl (C=O) groups is 1. The van der Waals surface area contributed by atoms with Crippen molar-refractivity contribution in [2.75, 3.05) is 19.6 Å². The fourth-order valence-electron chi connectivity index (χ4n) is 5.21. The Balaban J connectivity index is 1.35. The predicted molar refractivity (Wildman–Crippen MR) is 139 cm³/mol. The topological polar surface area (TPSA) is 82.6 Å². The van der Waals surface area contributed by atoms with Gasteiger partial charge in [0.25, 0.3) is 0 Å². The quantitative estimate of drug-likeness (QED) is 0.511. The molecule has 2 saturated heterocycles. The molecule has 1 aromatic heterocycles. The fourth-order valence-corrected chi connectivity index (χ4v) is 6.78. The Kier molecular flexibility index (Phi) is 7.12. The van der Waals surface area contributed by atoms with Crippen LogP contribution in [0.1, 0.15) is 24.1 Å². The van der Waals surface area contributed by atoms with E-state index in [1.807, 2.05) is 53.4 Å². The molecular formula is C27H29ClN4O3S. The van der Waals surface area contributed by atoms with Crippen LogP contribution in [0, 0.1) is 0 Å². The Morgan fingerprint density at radius 1 is 0.972 bits per heavy atom. The molecule has 0 radical (unpaired) electrons. The van der Waals surface area contributed by atoms with Gasteiger partial charge < -0.3 is 4.90 Å². The van der Waals surface area contributed by atoms with E-state index in [4.69, 9.17) is 11.6 Å². The Hall–Kier alpha value is -2.78. The third kappa shape index (κ3) is 5.04. The monoisotopic (exact) mass is 524 g/mol. The van der Waals surface area contributed by atoms with Crippen LogP contribution in [-0.2, 0) is 27.7 Å². The molecule has 1 N–H and O–H groups in total. The third-order valence-corrected chi connectivity index (χ3v) is 9.29. The Morgan fingerprint density at radius 3 is 2.33 bits per heavy atom. The van der Waals surface area contributed by atoms with Gasteiger partial charge in [0.2, 0.25) is 15.9 Å². The lowest BCUT2D eigenvalue weighted by Gasteiger charge is -2.44. The Morgan fingerprint density at radius 2 is 1.67 bits per heavy atom. The van der Waals surface area contributed by atoms with Crippen molar-refractivity contribution in [2.45, 2.75) is 42.3 Å². The number of carbonyl (C=O) groups excluding carboxylic acids is 1. The highest BCUT2D eigenvalue weighted by Crippen LogP contribution is 2.35. The van der Waals surface area contributed by atoms with Crippen molar-refractivity contribution in [3.63, 3.8) is 0 Å². The maximum absolute atomic E-state index is 13.6. The van der Waals surface area contributed by atoms with Gasteiger partial charge in [0.05, 0.1) is 16.6 Å². The number of hydrogen-bond acceptors (Lipinski definition) is 5. The minimum atomic E-state index is -3.64. The lowest BCUT2D eigenvalue weighted by Crippen LogP contribution is -2.59. The summed E-state index contributed by atoms with van der Waals surface area (Å²) < 4.78 is 28.0. The number of halogens is 1. The molecule has 2 aromatic carbocycles. The van der Waals surface area contributed by atoms with Crippen molar-refractivity contribution >= 4 is 27.5 Å². The molecule has 1 spiro atoms. The summed E-state index contributed by atoms with van der Waals surface area (Å²) in [6.07, 6.45) is 4.01. The molecule has 2 fully saturated rings. The van der Waals surface area contributed by atoms with E-state index in [0.717, 1.165) is 11.3 Å². The number of hydrogen-bond donors (Lipinski definition) is 1. The molecule has 1 atom stereocenters. The van der Waals surface area contributed by atoms with Crippen molar-refractivity contribution in [3.05, 3.63) is 95.3 Å². The summed E-state index contributed by atoms with van der Waals surface area (Å²) in [4.78, 5) is 20.2. The highest BCUT2D eigenvalue weighted by Gasteiger charge is 2.52. The maximum atomic E-state index is 13.6. The molecule has 3 aromatic rings. The van der Waals surface area contributed by atoms with Crippen molar-refractivity contribution < 1.29 is 13.2 Å². The molecule has 0 bridgehead atoms. The number of pyridine rings is 1. The van der Waals surface area contributed by atoms with Gasteiger partial charge in [-0.3, -0.25) is 15.1 Å². The highest BCUT2D eigenvalue weighted by molar-refractivity contribution is 7.89. The molecule has 3 heterocycles. The second-order valence-electron chi connectivity index (χ2n) is 9.34. The predicted octanol–water partition coefficient (Wildman–Crippen LogP) is 3.50. The first-order valence-corrected chi connectivity index (χ1v) is 14.0. The SMILES string of the molecule is O=C1[C@@H](Cc2ccccc2)NC2(CCN(S(=O)(=O)c3ccc(Cl)cc3)CC2)N1CCc1ccccn1. The zero-order chi connectivity index (χ0) is 25.2. The second kappa shape index (κ2) is 10.3. The molecule has 9 heteroatoms. The van der Waals surface area contributed by atoms with E-state index in [2.05, 4.69) is 10.3 Å². The summed E-state index contributed by atoms with van der Waals surface area (Å²) in [5.74, 6) is 0.0591. The summed E-state index contributed by atoms with van der Waals surface area (Å²) >= 11 is 5.95. The number of piperidine rings is 1. The minimum absolute atomic E-state index is 0.0591.